The van der Waals surface area contributed by atoms with E-state index in [0.717, 1.165) is 11.0 Å². The molecule has 3 rings (SSSR count). The predicted molar refractivity (Wildman–Crippen MR) is 86.8 cm³/mol. The zero-order valence-corrected chi connectivity index (χ0v) is 13.4. The van der Waals surface area contributed by atoms with Crippen LogP contribution in [0.3, 0.4) is 0 Å². The van der Waals surface area contributed by atoms with E-state index in [1.807, 2.05) is 0 Å². The van der Waals surface area contributed by atoms with Gasteiger partial charge >= 0.3 is 6.03 Å². The highest BCUT2D eigenvalue weighted by molar-refractivity contribution is 6.14. The third-order valence-electron chi connectivity index (χ3n) is 4.14. The van der Waals surface area contributed by atoms with E-state index >= 15 is 0 Å². The first-order chi connectivity index (χ1) is 11.9. The molecule has 1 aliphatic rings. The van der Waals surface area contributed by atoms with Gasteiger partial charge in [-0.2, -0.15) is 0 Å². The molecule has 2 unspecified atom stereocenters. The van der Waals surface area contributed by atoms with Crippen LogP contribution in [0, 0.1) is 11.6 Å². The van der Waals surface area contributed by atoms with Gasteiger partial charge < -0.3 is 5.11 Å². The molecule has 0 bridgehead atoms. The maximum absolute atomic E-state index is 13.3. The first kappa shape index (κ1) is 17.0. The van der Waals surface area contributed by atoms with Crippen molar-refractivity contribution < 1.29 is 23.5 Å². The molecule has 1 aliphatic heterocycles. The summed E-state index contributed by atoms with van der Waals surface area (Å²) in [6, 6.07) is 9.16. The van der Waals surface area contributed by atoms with Gasteiger partial charge in [0, 0.05) is 5.69 Å². The van der Waals surface area contributed by atoms with Crippen LogP contribution in [0.2, 0.25) is 0 Å². The summed E-state index contributed by atoms with van der Waals surface area (Å²) in [4.78, 5) is 27.2. The van der Waals surface area contributed by atoms with Crippen LogP contribution in [0.4, 0.5) is 19.3 Å². The van der Waals surface area contributed by atoms with Crippen LogP contribution in [-0.4, -0.2) is 34.5 Å². The first-order valence-electron chi connectivity index (χ1n) is 7.72. The Labute approximate surface area is 143 Å². The number of hydrogen-bond acceptors (Lipinski definition) is 3. The molecule has 2 atom stereocenters. The van der Waals surface area contributed by atoms with Crippen LogP contribution in [0.1, 0.15) is 18.6 Å². The van der Waals surface area contributed by atoms with Gasteiger partial charge in [-0.05, 0) is 48.9 Å². The van der Waals surface area contributed by atoms with Crippen LogP contribution in [0.15, 0.2) is 48.5 Å². The summed E-state index contributed by atoms with van der Waals surface area (Å²) in [6.07, 6.45) is -1.20. The highest BCUT2D eigenvalue weighted by Crippen LogP contribution is 2.27. The number of halogens is 2. The van der Waals surface area contributed by atoms with Crippen LogP contribution >= 0.6 is 0 Å². The number of β-amino-alcohol motifs (C(OH)–C–C–N with tert-alkyl or cyclic N) is 1. The van der Waals surface area contributed by atoms with Gasteiger partial charge in [-0.15, -0.1) is 0 Å². The van der Waals surface area contributed by atoms with Crippen molar-refractivity contribution >= 4 is 17.6 Å². The van der Waals surface area contributed by atoms with Gasteiger partial charge in [-0.1, -0.05) is 12.1 Å². The minimum absolute atomic E-state index is 0.272. The van der Waals surface area contributed by atoms with E-state index in [1.165, 1.54) is 47.4 Å². The van der Waals surface area contributed by atoms with Crippen LogP contribution < -0.4 is 4.90 Å². The van der Waals surface area contributed by atoms with Crippen molar-refractivity contribution in [2.45, 2.75) is 19.1 Å². The molecule has 130 valence electrons. The number of rotatable bonds is 4. The van der Waals surface area contributed by atoms with E-state index in [4.69, 9.17) is 0 Å². The number of amides is 3. The lowest BCUT2D eigenvalue weighted by Gasteiger charge is -2.20. The number of hydrogen-bond donors (Lipinski definition) is 1. The smallest absolute Gasteiger partial charge is 0.332 e. The fourth-order valence-electron chi connectivity index (χ4n) is 2.82. The Hall–Kier alpha value is -2.80. The average Bonchev–Trinajstić information content (AvgIpc) is 2.79. The Kier molecular flexibility index (Phi) is 4.50. The monoisotopic (exact) mass is 346 g/mol. The van der Waals surface area contributed by atoms with Crippen LogP contribution in [0.5, 0.6) is 0 Å². The molecule has 0 aromatic heterocycles. The minimum Gasteiger partial charge on any atom is -0.387 e. The molecule has 25 heavy (non-hydrogen) atoms. The SMILES string of the molecule is CC1C(=O)N(CC(O)c2cccc(F)c2)C(=O)N1c1ccc(F)cc1. The number of anilines is 1. The summed E-state index contributed by atoms with van der Waals surface area (Å²) in [5.74, 6) is -1.45. The number of benzene rings is 2. The van der Waals surface area contributed by atoms with Crippen molar-refractivity contribution in [1.29, 1.82) is 0 Å². The molecule has 2 aromatic carbocycles. The average molecular weight is 346 g/mol. The second-order valence-electron chi connectivity index (χ2n) is 5.82. The zero-order chi connectivity index (χ0) is 18.1. The Morgan fingerprint density at radius 2 is 1.76 bits per heavy atom. The third kappa shape index (κ3) is 3.23. The molecule has 5 nitrogen and oxygen atoms in total. The lowest BCUT2D eigenvalue weighted by molar-refractivity contribution is -0.127. The lowest BCUT2D eigenvalue weighted by atomic mass is 10.1. The Balaban J connectivity index is 1.81. The predicted octanol–water partition coefficient (Wildman–Crippen LogP) is 2.86. The Morgan fingerprint density at radius 3 is 2.40 bits per heavy atom. The quantitative estimate of drug-likeness (QED) is 0.866. The van der Waals surface area contributed by atoms with Crippen molar-refractivity contribution in [3.05, 3.63) is 65.7 Å². The summed E-state index contributed by atoms with van der Waals surface area (Å²) in [5, 5.41) is 10.2. The van der Waals surface area contributed by atoms with Gasteiger partial charge in [0.25, 0.3) is 5.91 Å². The van der Waals surface area contributed by atoms with Crippen molar-refractivity contribution in [2.75, 3.05) is 11.4 Å². The van der Waals surface area contributed by atoms with Gasteiger partial charge in [0.1, 0.15) is 17.7 Å². The second-order valence-corrected chi connectivity index (χ2v) is 5.82. The van der Waals surface area contributed by atoms with E-state index in [9.17, 15) is 23.5 Å². The minimum atomic E-state index is -1.20. The standard InChI is InChI=1S/C18H16F2N2O3/c1-11-17(24)21(10-16(23)12-3-2-4-14(20)9-12)18(25)22(11)15-7-5-13(19)6-8-15/h2-9,11,16,23H,10H2,1H3. The maximum Gasteiger partial charge on any atom is 0.332 e. The highest BCUT2D eigenvalue weighted by atomic mass is 19.1. The number of aliphatic hydroxyl groups is 1. The third-order valence-corrected chi connectivity index (χ3v) is 4.14. The van der Waals surface area contributed by atoms with Gasteiger partial charge in [-0.3, -0.25) is 14.6 Å². The fraction of sp³-hybridized carbons (Fsp3) is 0.222. The lowest BCUT2D eigenvalue weighted by Crippen LogP contribution is -2.36. The number of carbonyl (C=O) groups is 2. The van der Waals surface area contributed by atoms with Gasteiger partial charge in [0.15, 0.2) is 0 Å². The summed E-state index contributed by atoms with van der Waals surface area (Å²) in [7, 11) is 0. The summed E-state index contributed by atoms with van der Waals surface area (Å²) >= 11 is 0. The molecule has 3 amide bonds. The Bertz CT molecular complexity index is 810. The number of imide groups is 1. The molecule has 1 heterocycles. The highest BCUT2D eigenvalue weighted by Gasteiger charge is 2.44. The van der Waals surface area contributed by atoms with Crippen LogP contribution in [0.25, 0.3) is 0 Å². The van der Waals surface area contributed by atoms with E-state index in [2.05, 4.69) is 0 Å². The van der Waals surface area contributed by atoms with E-state index < -0.39 is 35.7 Å². The largest absolute Gasteiger partial charge is 0.387 e. The number of carbonyl (C=O) groups excluding carboxylic acids is 2. The van der Waals surface area contributed by atoms with Crippen molar-refractivity contribution in [2.24, 2.45) is 0 Å². The Morgan fingerprint density at radius 1 is 1.08 bits per heavy atom. The molecule has 7 heteroatoms. The fourth-order valence-corrected chi connectivity index (χ4v) is 2.82. The molecule has 1 saturated heterocycles. The van der Waals surface area contributed by atoms with Gasteiger partial charge in [0.2, 0.25) is 0 Å². The molecule has 1 N–H and O–H groups in total. The van der Waals surface area contributed by atoms with Crippen molar-refractivity contribution in [3.63, 3.8) is 0 Å². The van der Waals surface area contributed by atoms with Crippen LogP contribution in [-0.2, 0) is 4.79 Å². The van der Waals surface area contributed by atoms with Crippen molar-refractivity contribution in [1.82, 2.24) is 4.90 Å². The molecular formula is C18H16F2N2O3. The van der Waals surface area contributed by atoms with E-state index in [-0.39, 0.29) is 12.1 Å². The second kappa shape index (κ2) is 6.60. The van der Waals surface area contributed by atoms with Crippen molar-refractivity contribution in [3.8, 4) is 0 Å². The molecule has 2 aromatic rings. The molecule has 0 spiro atoms. The summed E-state index contributed by atoms with van der Waals surface area (Å²) < 4.78 is 26.3. The first-order valence-corrected chi connectivity index (χ1v) is 7.72. The summed E-state index contributed by atoms with van der Waals surface area (Å²) in [5.41, 5.74) is 0.656. The normalized spacial score (nSPS) is 18.8. The molecule has 0 aliphatic carbocycles. The van der Waals surface area contributed by atoms with E-state index in [1.54, 1.807) is 6.92 Å². The van der Waals surface area contributed by atoms with Gasteiger partial charge in [-0.25, -0.2) is 13.6 Å². The summed E-state index contributed by atoms with van der Waals surface area (Å²) in [6.45, 7) is 1.27. The van der Waals surface area contributed by atoms with E-state index in [0.29, 0.717) is 5.69 Å². The maximum atomic E-state index is 13.3. The number of urea groups is 1. The molecular weight excluding hydrogens is 330 g/mol. The molecule has 0 radical (unpaired) electrons. The van der Waals surface area contributed by atoms with Gasteiger partial charge in [0.05, 0.1) is 12.6 Å². The molecule has 0 saturated carbocycles. The molecule has 1 fully saturated rings. The topological polar surface area (TPSA) is 60.9 Å². The number of aliphatic hydroxyl groups excluding tert-OH is 1. The zero-order valence-electron chi connectivity index (χ0n) is 13.4. The number of nitrogens with zero attached hydrogens (tertiary/aromatic N) is 2.